The van der Waals surface area contributed by atoms with Crippen molar-refractivity contribution >= 4 is 23.9 Å². The van der Waals surface area contributed by atoms with Crippen molar-refractivity contribution in [3.8, 4) is 0 Å². The average molecular weight is 304 g/mol. The zero-order chi connectivity index (χ0) is 14.4. The highest BCUT2D eigenvalue weighted by Gasteiger charge is 2.28. The highest BCUT2D eigenvalue weighted by Crippen LogP contribution is 2.38. The third kappa shape index (κ3) is 2.09. The topological polar surface area (TPSA) is 36.9 Å². The van der Waals surface area contributed by atoms with E-state index in [1.807, 2.05) is 6.07 Å². The Bertz CT molecular complexity index is 730. The third-order valence-corrected chi connectivity index (χ3v) is 4.85. The van der Waals surface area contributed by atoms with E-state index in [2.05, 4.69) is 19.7 Å². The van der Waals surface area contributed by atoms with Crippen LogP contribution < -0.4 is 4.90 Å². The summed E-state index contributed by atoms with van der Waals surface area (Å²) in [5.41, 5.74) is 2.09. The van der Waals surface area contributed by atoms with Gasteiger partial charge in [0.15, 0.2) is 4.77 Å². The zero-order valence-electron chi connectivity index (χ0n) is 11.7. The van der Waals surface area contributed by atoms with Gasteiger partial charge in [-0.2, -0.15) is 0 Å². The first-order valence-electron chi connectivity index (χ1n) is 7.47. The van der Waals surface area contributed by atoms with E-state index in [0.29, 0.717) is 10.8 Å². The monoisotopic (exact) mass is 304 g/mol. The molecule has 0 spiro atoms. The second-order valence-corrected chi connectivity index (χ2v) is 6.20. The summed E-state index contributed by atoms with van der Waals surface area (Å²) in [6.45, 7) is 0.825. The SMILES string of the molecule is Fc1ccc2c(c1)N(c1n[nH]c(=S)n1C1CCCC1)CC2. The van der Waals surface area contributed by atoms with Gasteiger partial charge in [0.1, 0.15) is 5.82 Å². The minimum absolute atomic E-state index is 0.206. The summed E-state index contributed by atoms with van der Waals surface area (Å²) in [6.07, 6.45) is 5.68. The van der Waals surface area contributed by atoms with Crippen molar-refractivity contribution in [3.63, 3.8) is 0 Å². The number of aromatic amines is 1. The van der Waals surface area contributed by atoms with Crippen LogP contribution in [0.15, 0.2) is 18.2 Å². The molecule has 4 nitrogen and oxygen atoms in total. The Hall–Kier alpha value is -1.69. The fourth-order valence-electron chi connectivity index (χ4n) is 3.54. The van der Waals surface area contributed by atoms with Crippen molar-refractivity contribution in [3.05, 3.63) is 34.4 Å². The van der Waals surface area contributed by atoms with Gasteiger partial charge < -0.3 is 4.90 Å². The number of nitrogens with one attached hydrogen (secondary N) is 1. The molecule has 2 heterocycles. The quantitative estimate of drug-likeness (QED) is 0.855. The fraction of sp³-hybridized carbons (Fsp3) is 0.467. The Morgan fingerprint density at radius 3 is 2.90 bits per heavy atom. The Balaban J connectivity index is 1.79. The van der Waals surface area contributed by atoms with Crippen molar-refractivity contribution in [2.75, 3.05) is 11.4 Å². The Kier molecular flexibility index (Phi) is 3.06. The van der Waals surface area contributed by atoms with Gasteiger partial charge >= 0.3 is 0 Å². The Morgan fingerprint density at radius 2 is 2.10 bits per heavy atom. The average Bonchev–Trinajstić information content (AvgIpc) is 3.16. The van der Waals surface area contributed by atoms with E-state index < -0.39 is 0 Å². The van der Waals surface area contributed by atoms with Gasteiger partial charge in [-0.15, -0.1) is 5.10 Å². The number of rotatable bonds is 2. The van der Waals surface area contributed by atoms with Gasteiger partial charge in [-0.05, 0) is 49.2 Å². The fourth-order valence-corrected chi connectivity index (χ4v) is 3.81. The molecule has 4 rings (SSSR count). The Morgan fingerprint density at radius 1 is 1.29 bits per heavy atom. The summed E-state index contributed by atoms with van der Waals surface area (Å²) in [7, 11) is 0. The van der Waals surface area contributed by atoms with Crippen LogP contribution in [0.1, 0.15) is 37.3 Å². The molecule has 1 N–H and O–H groups in total. The number of halogens is 1. The predicted octanol–water partition coefficient (Wildman–Crippen LogP) is 3.89. The maximum Gasteiger partial charge on any atom is 0.230 e. The van der Waals surface area contributed by atoms with Gasteiger partial charge in [-0.3, -0.25) is 4.57 Å². The van der Waals surface area contributed by atoms with Crippen LogP contribution in [0.5, 0.6) is 0 Å². The lowest BCUT2D eigenvalue weighted by atomic mass is 10.2. The van der Waals surface area contributed by atoms with Crippen LogP contribution >= 0.6 is 12.2 Å². The van der Waals surface area contributed by atoms with Gasteiger partial charge in [0, 0.05) is 18.3 Å². The van der Waals surface area contributed by atoms with Crippen molar-refractivity contribution in [1.82, 2.24) is 14.8 Å². The molecule has 0 bridgehead atoms. The first-order valence-corrected chi connectivity index (χ1v) is 7.88. The molecule has 0 atom stereocenters. The molecule has 2 aliphatic rings. The number of hydrogen-bond acceptors (Lipinski definition) is 3. The molecule has 1 aliphatic carbocycles. The second-order valence-electron chi connectivity index (χ2n) is 5.81. The normalized spacial score (nSPS) is 18.4. The van der Waals surface area contributed by atoms with Crippen LogP contribution in [0.4, 0.5) is 16.0 Å². The maximum atomic E-state index is 13.6. The van der Waals surface area contributed by atoms with Crippen LogP contribution in [0.25, 0.3) is 0 Å². The third-order valence-electron chi connectivity index (χ3n) is 4.56. The van der Waals surface area contributed by atoms with Crippen molar-refractivity contribution in [2.45, 2.75) is 38.1 Å². The smallest absolute Gasteiger partial charge is 0.230 e. The molecular formula is C15H17FN4S. The lowest BCUT2D eigenvalue weighted by Crippen LogP contribution is -2.20. The van der Waals surface area contributed by atoms with Gasteiger partial charge in [0.05, 0.1) is 0 Å². The number of anilines is 2. The standard InChI is InChI=1S/C15H17FN4S/c16-11-6-5-10-7-8-19(13(10)9-11)14-17-18-15(21)20(14)12-3-1-2-4-12/h5-6,9,12H,1-4,7-8H2,(H,18,21). The van der Waals surface area contributed by atoms with E-state index in [1.54, 1.807) is 6.07 Å². The van der Waals surface area contributed by atoms with Crippen molar-refractivity contribution < 1.29 is 4.39 Å². The van der Waals surface area contributed by atoms with Gasteiger partial charge in [-0.25, -0.2) is 9.49 Å². The highest BCUT2D eigenvalue weighted by atomic mass is 32.1. The first kappa shape index (κ1) is 13.0. The minimum Gasteiger partial charge on any atom is -0.310 e. The summed E-state index contributed by atoms with van der Waals surface area (Å²) < 4.78 is 16.4. The molecule has 0 radical (unpaired) electrons. The lowest BCUT2D eigenvalue weighted by Gasteiger charge is -2.22. The molecular weight excluding hydrogens is 287 g/mol. The van der Waals surface area contributed by atoms with E-state index in [-0.39, 0.29) is 5.82 Å². The highest BCUT2D eigenvalue weighted by molar-refractivity contribution is 7.71. The zero-order valence-corrected chi connectivity index (χ0v) is 12.5. The Labute approximate surface area is 127 Å². The molecule has 0 amide bonds. The minimum atomic E-state index is -0.206. The number of hydrogen-bond donors (Lipinski definition) is 1. The first-order chi connectivity index (χ1) is 10.2. The summed E-state index contributed by atoms with van der Waals surface area (Å²) >= 11 is 5.41. The van der Waals surface area contributed by atoms with E-state index in [1.165, 1.54) is 24.5 Å². The molecule has 110 valence electrons. The predicted molar refractivity (Wildman–Crippen MR) is 82.0 cm³/mol. The summed E-state index contributed by atoms with van der Waals surface area (Å²) in [5, 5.41) is 7.34. The molecule has 1 fully saturated rings. The molecule has 0 unspecified atom stereocenters. The molecule has 1 aromatic carbocycles. The summed E-state index contributed by atoms with van der Waals surface area (Å²) in [6, 6.07) is 5.41. The van der Waals surface area contributed by atoms with Gasteiger partial charge in [0.25, 0.3) is 0 Å². The molecule has 1 aliphatic heterocycles. The summed E-state index contributed by atoms with van der Waals surface area (Å²) in [5.74, 6) is 0.624. The molecule has 2 aromatic rings. The van der Waals surface area contributed by atoms with E-state index in [0.717, 1.165) is 37.4 Å². The number of benzene rings is 1. The molecule has 1 aromatic heterocycles. The van der Waals surface area contributed by atoms with Crippen molar-refractivity contribution in [1.29, 1.82) is 0 Å². The van der Waals surface area contributed by atoms with Gasteiger partial charge in [-0.1, -0.05) is 18.9 Å². The van der Waals surface area contributed by atoms with Crippen LogP contribution in [0, 0.1) is 10.6 Å². The van der Waals surface area contributed by atoms with E-state index in [4.69, 9.17) is 12.2 Å². The molecule has 0 saturated heterocycles. The van der Waals surface area contributed by atoms with E-state index >= 15 is 0 Å². The number of H-pyrrole nitrogens is 1. The van der Waals surface area contributed by atoms with Crippen LogP contribution in [0.2, 0.25) is 0 Å². The maximum absolute atomic E-state index is 13.6. The summed E-state index contributed by atoms with van der Waals surface area (Å²) in [4.78, 5) is 2.09. The molecule has 21 heavy (non-hydrogen) atoms. The largest absolute Gasteiger partial charge is 0.310 e. The molecule has 1 saturated carbocycles. The van der Waals surface area contributed by atoms with Crippen molar-refractivity contribution in [2.24, 2.45) is 0 Å². The molecule has 6 heteroatoms. The number of fused-ring (bicyclic) bond motifs is 1. The van der Waals surface area contributed by atoms with Crippen LogP contribution in [0.3, 0.4) is 0 Å². The second kappa shape index (κ2) is 4.94. The number of aromatic nitrogens is 3. The van der Waals surface area contributed by atoms with Crippen LogP contribution in [-0.4, -0.2) is 21.3 Å². The lowest BCUT2D eigenvalue weighted by molar-refractivity contribution is 0.512. The van der Waals surface area contributed by atoms with E-state index in [9.17, 15) is 4.39 Å². The van der Waals surface area contributed by atoms with Gasteiger partial charge in [0.2, 0.25) is 5.95 Å². The number of nitrogens with zero attached hydrogens (tertiary/aromatic N) is 3. The van der Waals surface area contributed by atoms with Crippen LogP contribution in [-0.2, 0) is 6.42 Å².